The summed E-state index contributed by atoms with van der Waals surface area (Å²) in [4.78, 5) is 27.2. The molecule has 1 heterocycles. The van der Waals surface area contributed by atoms with Crippen LogP contribution in [0, 0.1) is 0 Å². The summed E-state index contributed by atoms with van der Waals surface area (Å²) in [6.45, 7) is 1.27. The number of azo groups is 1. The fourth-order valence-electron chi connectivity index (χ4n) is 1.74. The second kappa shape index (κ2) is 7.63. The highest BCUT2D eigenvalue weighted by molar-refractivity contribution is 6.03. The molecule has 1 aromatic carbocycles. The first-order chi connectivity index (χ1) is 11.5. The van der Waals surface area contributed by atoms with E-state index in [-0.39, 0.29) is 28.5 Å². The number of carbonyl (C=O) groups is 2. The maximum Gasteiger partial charge on any atom is 0.337 e. The minimum absolute atomic E-state index is 0.0642. The molecule has 0 aliphatic carbocycles. The summed E-state index contributed by atoms with van der Waals surface area (Å²) in [6.07, 6.45) is 1.50. The molecule has 1 aromatic heterocycles. The maximum atomic E-state index is 12.2. The number of amides is 1. The van der Waals surface area contributed by atoms with Crippen LogP contribution in [0.3, 0.4) is 0 Å². The quantitative estimate of drug-likeness (QED) is 0.442. The van der Waals surface area contributed by atoms with Gasteiger partial charge in [0.1, 0.15) is 17.3 Å². The number of aliphatic hydroxyl groups excluding tert-OH is 1. The molecule has 0 saturated carbocycles. The average Bonchev–Trinajstić information content (AvgIpc) is 2.56. The van der Waals surface area contributed by atoms with Crippen LogP contribution in [0.5, 0.6) is 0 Å². The Morgan fingerprint density at radius 3 is 2.42 bits per heavy atom. The van der Waals surface area contributed by atoms with Crippen molar-refractivity contribution in [3.8, 4) is 0 Å². The molecule has 2 rings (SSSR count). The number of hydrogen-bond acceptors (Lipinski definition) is 6. The number of nitrogens with zero attached hydrogens (tertiary/aromatic N) is 3. The molecule has 0 aliphatic rings. The van der Waals surface area contributed by atoms with Crippen LogP contribution >= 0.6 is 0 Å². The first-order valence-corrected chi connectivity index (χ1v) is 6.85. The zero-order valence-electron chi connectivity index (χ0n) is 12.7. The Morgan fingerprint density at radius 1 is 1.08 bits per heavy atom. The molecule has 0 radical (unpaired) electrons. The van der Waals surface area contributed by atoms with Gasteiger partial charge in [0, 0.05) is 6.20 Å². The number of anilines is 1. The maximum absolute atomic E-state index is 12.2. The van der Waals surface area contributed by atoms with E-state index in [2.05, 4.69) is 20.5 Å². The van der Waals surface area contributed by atoms with Crippen molar-refractivity contribution in [2.75, 3.05) is 5.32 Å². The number of carboxylic acid groups (broad SMARTS) is 1. The molecule has 0 aliphatic heterocycles. The summed E-state index contributed by atoms with van der Waals surface area (Å²) in [5, 5.41) is 28.6. The summed E-state index contributed by atoms with van der Waals surface area (Å²) in [6, 6.07) is 10.9. The molecular weight excluding hydrogens is 312 g/mol. The van der Waals surface area contributed by atoms with Gasteiger partial charge in [0.15, 0.2) is 5.70 Å². The van der Waals surface area contributed by atoms with Gasteiger partial charge in [0.25, 0.3) is 5.91 Å². The molecule has 1 amide bonds. The molecule has 8 nitrogen and oxygen atoms in total. The van der Waals surface area contributed by atoms with Gasteiger partial charge >= 0.3 is 5.97 Å². The Morgan fingerprint density at radius 2 is 1.79 bits per heavy atom. The largest absolute Gasteiger partial charge is 0.510 e. The zero-order valence-corrected chi connectivity index (χ0v) is 12.7. The number of hydrogen-bond donors (Lipinski definition) is 3. The molecule has 0 fully saturated rings. The lowest BCUT2D eigenvalue weighted by atomic mass is 10.2. The normalized spacial score (nSPS) is 11.9. The van der Waals surface area contributed by atoms with Gasteiger partial charge in [0.05, 0.1) is 5.56 Å². The van der Waals surface area contributed by atoms with E-state index in [1.807, 2.05) is 0 Å². The van der Waals surface area contributed by atoms with Crippen molar-refractivity contribution >= 4 is 23.4 Å². The van der Waals surface area contributed by atoms with E-state index in [4.69, 9.17) is 5.11 Å². The predicted molar refractivity (Wildman–Crippen MR) is 86.1 cm³/mol. The molecule has 0 bridgehead atoms. The second-order valence-corrected chi connectivity index (χ2v) is 4.63. The highest BCUT2D eigenvalue weighted by Gasteiger charge is 2.15. The summed E-state index contributed by atoms with van der Waals surface area (Å²) >= 11 is 0. The van der Waals surface area contributed by atoms with Gasteiger partial charge in [-0.3, -0.25) is 4.79 Å². The zero-order chi connectivity index (χ0) is 17.5. The van der Waals surface area contributed by atoms with Crippen molar-refractivity contribution in [2.24, 2.45) is 10.2 Å². The molecular formula is C16H14N4O4. The minimum Gasteiger partial charge on any atom is -0.510 e. The molecule has 3 N–H and O–H groups in total. The van der Waals surface area contributed by atoms with Gasteiger partial charge in [-0.25, -0.2) is 9.78 Å². The first kappa shape index (κ1) is 16.8. The number of aromatic carboxylic acids is 1. The Balaban J connectivity index is 2.26. The highest BCUT2D eigenvalue weighted by atomic mass is 16.4. The molecule has 0 spiro atoms. The fourth-order valence-corrected chi connectivity index (χ4v) is 1.74. The van der Waals surface area contributed by atoms with Crippen LogP contribution in [0.25, 0.3) is 0 Å². The summed E-state index contributed by atoms with van der Waals surface area (Å²) in [5.74, 6) is -1.97. The lowest BCUT2D eigenvalue weighted by Crippen LogP contribution is -2.15. The van der Waals surface area contributed by atoms with Crippen LogP contribution in [-0.2, 0) is 4.79 Å². The van der Waals surface area contributed by atoms with Crippen molar-refractivity contribution in [3.05, 3.63) is 65.7 Å². The van der Waals surface area contributed by atoms with Gasteiger partial charge in [-0.15, -0.1) is 10.2 Å². The van der Waals surface area contributed by atoms with Crippen LogP contribution in [0.4, 0.5) is 11.5 Å². The van der Waals surface area contributed by atoms with Gasteiger partial charge < -0.3 is 15.5 Å². The van der Waals surface area contributed by atoms with E-state index < -0.39 is 11.9 Å². The Labute approximate surface area is 137 Å². The van der Waals surface area contributed by atoms with E-state index >= 15 is 0 Å². The predicted octanol–water partition coefficient (Wildman–Crippen LogP) is 3.29. The van der Waals surface area contributed by atoms with E-state index in [0.717, 1.165) is 0 Å². The van der Waals surface area contributed by atoms with Crippen molar-refractivity contribution in [2.45, 2.75) is 6.92 Å². The second-order valence-electron chi connectivity index (χ2n) is 4.63. The fraction of sp³-hybridized carbons (Fsp3) is 0.0625. The van der Waals surface area contributed by atoms with Gasteiger partial charge in [-0.1, -0.05) is 18.2 Å². The van der Waals surface area contributed by atoms with Crippen molar-refractivity contribution in [3.63, 3.8) is 0 Å². The monoisotopic (exact) mass is 326 g/mol. The average molecular weight is 326 g/mol. The molecule has 0 saturated heterocycles. The Kier molecular flexibility index (Phi) is 5.35. The first-order valence-electron chi connectivity index (χ1n) is 6.85. The van der Waals surface area contributed by atoms with E-state index in [1.54, 1.807) is 30.3 Å². The molecule has 0 atom stereocenters. The standard InChI is InChI=1S/C16H14N4O4/c1-10(21)14(15(22)18-13-8-4-5-9-17-13)20-19-12-7-3-2-6-11(12)16(23)24/h2-9,21H,1H3,(H,23,24)(H,17,18,22)/b14-10+,20-19?. The van der Waals surface area contributed by atoms with E-state index in [0.29, 0.717) is 0 Å². The minimum atomic E-state index is -1.17. The number of allylic oxidation sites excluding steroid dienone is 1. The molecule has 2 aromatic rings. The van der Waals surface area contributed by atoms with Crippen LogP contribution < -0.4 is 5.32 Å². The van der Waals surface area contributed by atoms with Crippen LogP contribution in [-0.4, -0.2) is 27.1 Å². The lowest BCUT2D eigenvalue weighted by molar-refractivity contribution is -0.113. The number of benzene rings is 1. The van der Waals surface area contributed by atoms with Gasteiger partial charge in [-0.05, 0) is 31.2 Å². The molecule has 24 heavy (non-hydrogen) atoms. The third-order valence-electron chi connectivity index (χ3n) is 2.86. The summed E-state index contributed by atoms with van der Waals surface area (Å²) < 4.78 is 0. The third kappa shape index (κ3) is 4.23. The highest BCUT2D eigenvalue weighted by Crippen LogP contribution is 2.21. The van der Waals surface area contributed by atoms with Crippen molar-refractivity contribution in [1.29, 1.82) is 0 Å². The molecule has 8 heteroatoms. The number of rotatable bonds is 5. The topological polar surface area (TPSA) is 124 Å². The summed E-state index contributed by atoms with van der Waals surface area (Å²) in [5.41, 5.74) is -0.350. The smallest absolute Gasteiger partial charge is 0.337 e. The van der Waals surface area contributed by atoms with Crippen LogP contribution in [0.2, 0.25) is 0 Å². The third-order valence-corrected chi connectivity index (χ3v) is 2.86. The number of aliphatic hydroxyl groups is 1. The SMILES string of the molecule is C/C(O)=C(\N=Nc1ccccc1C(=O)O)C(=O)Nc1ccccn1. The van der Waals surface area contributed by atoms with E-state index in [1.165, 1.54) is 25.3 Å². The van der Waals surface area contributed by atoms with Crippen molar-refractivity contribution in [1.82, 2.24) is 4.98 Å². The van der Waals surface area contributed by atoms with E-state index in [9.17, 15) is 14.7 Å². The van der Waals surface area contributed by atoms with Crippen molar-refractivity contribution < 1.29 is 19.8 Å². The Bertz CT molecular complexity index is 812. The Hall–Kier alpha value is -3.55. The van der Waals surface area contributed by atoms with Gasteiger partial charge in [0.2, 0.25) is 0 Å². The summed E-state index contributed by atoms with van der Waals surface area (Å²) in [7, 11) is 0. The number of aromatic nitrogens is 1. The van der Waals surface area contributed by atoms with Crippen LogP contribution in [0.15, 0.2) is 70.3 Å². The molecule has 122 valence electrons. The van der Waals surface area contributed by atoms with Gasteiger partial charge in [-0.2, -0.15) is 0 Å². The number of pyridine rings is 1. The number of carbonyl (C=O) groups excluding carboxylic acids is 1. The van der Waals surface area contributed by atoms with Crippen LogP contribution in [0.1, 0.15) is 17.3 Å². The molecule has 0 unspecified atom stereocenters. The number of carboxylic acids is 1. The number of nitrogens with one attached hydrogen (secondary N) is 1. The lowest BCUT2D eigenvalue weighted by Gasteiger charge is -2.05.